The van der Waals surface area contributed by atoms with E-state index >= 15 is 0 Å². The highest BCUT2D eigenvalue weighted by atomic mass is 16.2. The molecule has 3 amide bonds. The van der Waals surface area contributed by atoms with Crippen LogP contribution in [0.3, 0.4) is 0 Å². The molecule has 0 aliphatic carbocycles. The lowest BCUT2D eigenvalue weighted by atomic mass is 10.0. The summed E-state index contributed by atoms with van der Waals surface area (Å²) >= 11 is 0. The molecule has 0 bridgehead atoms. The first-order valence-corrected chi connectivity index (χ1v) is 11.6. The van der Waals surface area contributed by atoms with Crippen LogP contribution in [0.1, 0.15) is 53.0 Å². The molecule has 2 heterocycles. The molecule has 2 atom stereocenters. The number of amides is 3. The fourth-order valence-corrected chi connectivity index (χ4v) is 4.85. The Bertz CT molecular complexity index is 1520. The molecule has 2 aliphatic heterocycles. The van der Waals surface area contributed by atoms with Gasteiger partial charge in [0, 0.05) is 11.1 Å². The van der Waals surface area contributed by atoms with Crippen molar-refractivity contribution in [1.29, 1.82) is 0 Å². The molecular formula is C30H20N2O4. The van der Waals surface area contributed by atoms with Crippen molar-refractivity contribution in [2.75, 3.05) is 4.90 Å². The van der Waals surface area contributed by atoms with Crippen molar-refractivity contribution < 1.29 is 19.2 Å². The first kappa shape index (κ1) is 21.7. The van der Waals surface area contributed by atoms with Gasteiger partial charge in [-0.05, 0) is 35.9 Å². The molecule has 6 rings (SSSR count). The van der Waals surface area contributed by atoms with Crippen LogP contribution in [-0.2, 0) is 0 Å². The second-order valence-corrected chi connectivity index (χ2v) is 8.78. The zero-order valence-corrected chi connectivity index (χ0v) is 19.1. The van der Waals surface area contributed by atoms with Crippen LogP contribution >= 0.6 is 0 Å². The number of Topliss-reactive ketones (excluding diaryl/α,β-unsaturated/α-hetero) is 1. The van der Waals surface area contributed by atoms with Crippen LogP contribution in [0.5, 0.6) is 0 Å². The summed E-state index contributed by atoms with van der Waals surface area (Å²) < 4.78 is 0. The maximum absolute atomic E-state index is 13.6. The summed E-state index contributed by atoms with van der Waals surface area (Å²) in [5.74, 6) is -1.40. The van der Waals surface area contributed by atoms with Crippen LogP contribution in [0, 0.1) is 0 Å². The molecule has 4 aromatic carbocycles. The predicted molar refractivity (Wildman–Crippen MR) is 134 cm³/mol. The van der Waals surface area contributed by atoms with Crippen LogP contribution in [0.4, 0.5) is 5.69 Å². The van der Waals surface area contributed by atoms with E-state index in [2.05, 4.69) is 0 Å². The highest BCUT2D eigenvalue weighted by molar-refractivity contribution is 6.34. The van der Waals surface area contributed by atoms with E-state index in [0.717, 1.165) is 10.5 Å². The molecule has 6 heteroatoms. The van der Waals surface area contributed by atoms with Crippen LogP contribution in [0.25, 0.3) is 0 Å². The minimum atomic E-state index is -0.645. The summed E-state index contributed by atoms with van der Waals surface area (Å²) in [6.07, 6.45) is 0. The van der Waals surface area contributed by atoms with Gasteiger partial charge in [-0.3, -0.25) is 19.2 Å². The lowest BCUT2D eigenvalue weighted by Gasteiger charge is -2.13. The fraction of sp³-hybridized carbons (Fsp3) is 0.0667. The van der Waals surface area contributed by atoms with Crippen molar-refractivity contribution in [2.24, 2.45) is 0 Å². The smallest absolute Gasteiger partial charge is 0.266 e. The van der Waals surface area contributed by atoms with Gasteiger partial charge in [0.05, 0.1) is 22.9 Å². The Balaban J connectivity index is 1.34. The van der Waals surface area contributed by atoms with E-state index in [1.807, 2.05) is 36.4 Å². The number of ketones is 1. The van der Waals surface area contributed by atoms with Gasteiger partial charge >= 0.3 is 0 Å². The number of carbonyl (C=O) groups is 4. The quantitative estimate of drug-likeness (QED) is 0.234. The molecule has 174 valence electrons. The third-order valence-corrected chi connectivity index (χ3v) is 6.66. The number of benzene rings is 4. The minimum absolute atomic E-state index is 0.138. The number of hydrogen-bond acceptors (Lipinski definition) is 4. The van der Waals surface area contributed by atoms with Gasteiger partial charge in [0.25, 0.3) is 17.7 Å². The second-order valence-electron chi connectivity index (χ2n) is 8.78. The van der Waals surface area contributed by atoms with Crippen molar-refractivity contribution in [3.8, 4) is 0 Å². The third kappa shape index (κ3) is 3.43. The van der Waals surface area contributed by atoms with Gasteiger partial charge in [-0.1, -0.05) is 78.9 Å². The maximum Gasteiger partial charge on any atom is 0.266 e. The molecule has 4 aromatic rings. The van der Waals surface area contributed by atoms with Crippen molar-refractivity contribution >= 4 is 29.2 Å². The number of carbonyl (C=O) groups excluding carboxylic acids is 4. The van der Waals surface area contributed by atoms with Gasteiger partial charge in [0.15, 0.2) is 5.78 Å². The number of imide groups is 1. The number of anilines is 1. The summed E-state index contributed by atoms with van der Waals surface area (Å²) in [7, 11) is 0. The molecule has 0 aromatic heterocycles. The molecule has 6 nitrogen and oxygen atoms in total. The molecule has 1 fully saturated rings. The van der Waals surface area contributed by atoms with E-state index in [4.69, 9.17) is 0 Å². The molecule has 0 N–H and O–H groups in total. The maximum atomic E-state index is 13.6. The number of nitrogens with zero attached hydrogens (tertiary/aromatic N) is 2. The van der Waals surface area contributed by atoms with Gasteiger partial charge in [-0.2, -0.15) is 0 Å². The lowest BCUT2D eigenvalue weighted by Crippen LogP contribution is -2.29. The Kier molecular flexibility index (Phi) is 5.08. The van der Waals surface area contributed by atoms with E-state index in [0.29, 0.717) is 11.3 Å². The zero-order valence-electron chi connectivity index (χ0n) is 19.1. The minimum Gasteiger partial charge on any atom is -0.316 e. The normalized spacial score (nSPS) is 18.2. The van der Waals surface area contributed by atoms with E-state index in [1.165, 1.54) is 12.1 Å². The van der Waals surface area contributed by atoms with Crippen molar-refractivity contribution in [3.63, 3.8) is 0 Å². The van der Waals surface area contributed by atoms with E-state index in [1.54, 1.807) is 65.6 Å². The highest BCUT2D eigenvalue weighted by Gasteiger charge is 2.56. The Morgan fingerprint density at radius 1 is 0.611 bits per heavy atom. The predicted octanol–water partition coefficient (Wildman–Crippen LogP) is 4.94. The second kappa shape index (κ2) is 8.43. The highest BCUT2D eigenvalue weighted by Crippen LogP contribution is 2.46. The van der Waals surface area contributed by atoms with E-state index in [-0.39, 0.29) is 28.4 Å². The van der Waals surface area contributed by atoms with Gasteiger partial charge in [0.1, 0.15) is 6.04 Å². The van der Waals surface area contributed by atoms with Crippen molar-refractivity contribution in [2.45, 2.75) is 12.1 Å². The average molecular weight is 473 g/mol. The molecule has 0 spiro atoms. The van der Waals surface area contributed by atoms with Gasteiger partial charge < -0.3 is 4.90 Å². The largest absolute Gasteiger partial charge is 0.316 e. The van der Waals surface area contributed by atoms with Crippen LogP contribution < -0.4 is 4.90 Å². The first-order valence-electron chi connectivity index (χ1n) is 11.6. The summed E-state index contributed by atoms with van der Waals surface area (Å²) in [4.78, 5) is 55.7. The SMILES string of the molecule is O=C(c1ccccc1)[C@H]1[C@@H](c2ccccc2)N1C(=O)c1ccc2c(c1)C(=O)N(c1ccccc1)C2=O. The fourth-order valence-electron chi connectivity index (χ4n) is 4.85. The number of fused-ring (bicyclic) bond motifs is 1. The Labute approximate surface area is 207 Å². The summed E-state index contributed by atoms with van der Waals surface area (Å²) in [5.41, 5.74) is 2.56. The molecule has 0 radical (unpaired) electrons. The third-order valence-electron chi connectivity index (χ3n) is 6.66. The zero-order chi connectivity index (χ0) is 24.8. The van der Waals surface area contributed by atoms with Crippen LogP contribution in [-0.4, -0.2) is 34.4 Å². The summed E-state index contributed by atoms with van der Waals surface area (Å²) in [6, 6.07) is 30.5. The molecule has 36 heavy (non-hydrogen) atoms. The number of para-hydroxylation sites is 1. The van der Waals surface area contributed by atoms with Crippen molar-refractivity contribution in [1.82, 2.24) is 4.90 Å². The Morgan fingerprint density at radius 2 is 1.19 bits per heavy atom. The topological polar surface area (TPSA) is 74.5 Å². The monoisotopic (exact) mass is 472 g/mol. The molecule has 0 unspecified atom stereocenters. The standard InChI is InChI=1S/C30H20N2O4/c33-27(20-12-6-2-7-13-20)26-25(19-10-4-1-5-11-19)32(26)28(34)21-16-17-23-24(18-21)30(36)31(29(23)35)22-14-8-3-9-15-22/h1-18,25-26H/t25-,26-,32?/m1/s1. The first-order chi connectivity index (χ1) is 17.6. The van der Waals surface area contributed by atoms with Crippen molar-refractivity contribution in [3.05, 3.63) is 137 Å². The lowest BCUT2D eigenvalue weighted by molar-refractivity contribution is 0.0833. The Morgan fingerprint density at radius 3 is 1.86 bits per heavy atom. The molecule has 1 saturated heterocycles. The molecule has 0 saturated carbocycles. The van der Waals surface area contributed by atoms with E-state index in [9.17, 15) is 19.2 Å². The number of hydrogen-bond donors (Lipinski definition) is 0. The Hall–Kier alpha value is -4.84. The molecular weight excluding hydrogens is 452 g/mol. The van der Waals surface area contributed by atoms with Crippen LogP contribution in [0.15, 0.2) is 109 Å². The number of rotatable bonds is 5. The average Bonchev–Trinajstić information content (AvgIpc) is 3.63. The van der Waals surface area contributed by atoms with Gasteiger partial charge in [0.2, 0.25) is 0 Å². The molecule has 2 aliphatic rings. The van der Waals surface area contributed by atoms with E-state index < -0.39 is 23.9 Å². The van der Waals surface area contributed by atoms with Crippen LogP contribution in [0.2, 0.25) is 0 Å². The van der Waals surface area contributed by atoms with Gasteiger partial charge in [-0.15, -0.1) is 0 Å². The van der Waals surface area contributed by atoms with Gasteiger partial charge in [-0.25, -0.2) is 4.90 Å². The summed E-state index contributed by atoms with van der Waals surface area (Å²) in [5, 5.41) is 0. The summed E-state index contributed by atoms with van der Waals surface area (Å²) in [6.45, 7) is 0.